The number of hydrogen-bond donors (Lipinski definition) is 1. The van der Waals surface area contributed by atoms with Crippen LogP contribution in [0.5, 0.6) is 0 Å². The summed E-state index contributed by atoms with van der Waals surface area (Å²) in [6.07, 6.45) is -0.724. The van der Waals surface area contributed by atoms with E-state index in [-0.39, 0.29) is 18.9 Å². The Bertz CT molecular complexity index is 318. The van der Waals surface area contributed by atoms with Crippen LogP contribution in [-0.2, 0) is 19.1 Å². The van der Waals surface area contributed by atoms with E-state index in [1.165, 1.54) is 18.9 Å². The summed E-state index contributed by atoms with van der Waals surface area (Å²) in [4.78, 5) is 23.8. The molecule has 0 aromatic carbocycles. The van der Waals surface area contributed by atoms with E-state index in [1.807, 2.05) is 0 Å². The molecule has 2 heterocycles. The largest absolute Gasteiger partial charge is 0.479 e. The summed E-state index contributed by atoms with van der Waals surface area (Å²) < 4.78 is 10.4. The van der Waals surface area contributed by atoms with Crippen LogP contribution < -0.4 is 0 Å². The molecule has 0 spiro atoms. The molecule has 0 saturated carbocycles. The summed E-state index contributed by atoms with van der Waals surface area (Å²) in [5, 5.41) is 9.18. The Kier molecular flexibility index (Phi) is 2.20. The van der Waals surface area contributed by atoms with E-state index >= 15 is 0 Å². The molecule has 2 saturated heterocycles. The SMILES string of the molecule is COCC1OC2CC(=O)N2C1(C)C(=O)O. The monoisotopic (exact) mass is 215 g/mol. The average molecular weight is 215 g/mol. The molecule has 0 aromatic heterocycles. The Balaban J connectivity index is 2.28. The van der Waals surface area contributed by atoms with Crippen LogP contribution in [0.15, 0.2) is 0 Å². The molecule has 3 atom stereocenters. The van der Waals surface area contributed by atoms with Crippen molar-refractivity contribution in [1.82, 2.24) is 4.90 Å². The van der Waals surface area contributed by atoms with Crippen molar-refractivity contribution >= 4 is 11.9 Å². The second kappa shape index (κ2) is 3.18. The van der Waals surface area contributed by atoms with Crippen molar-refractivity contribution in [2.75, 3.05) is 13.7 Å². The Labute approximate surface area is 86.8 Å². The number of β-lactam (4-membered cyclic amide) rings is 1. The molecule has 2 aliphatic heterocycles. The van der Waals surface area contributed by atoms with E-state index in [0.29, 0.717) is 0 Å². The Morgan fingerprint density at radius 1 is 1.80 bits per heavy atom. The first kappa shape index (κ1) is 10.4. The highest BCUT2D eigenvalue weighted by Crippen LogP contribution is 2.41. The fourth-order valence-corrected chi connectivity index (χ4v) is 2.13. The van der Waals surface area contributed by atoms with Crippen LogP contribution in [0.4, 0.5) is 0 Å². The first-order chi connectivity index (χ1) is 7.01. The lowest BCUT2D eigenvalue weighted by atomic mass is 9.91. The number of nitrogens with zero attached hydrogens (tertiary/aromatic N) is 1. The Morgan fingerprint density at radius 2 is 2.47 bits per heavy atom. The number of carboxylic acid groups (broad SMARTS) is 1. The molecule has 0 aromatic rings. The zero-order valence-corrected chi connectivity index (χ0v) is 8.60. The predicted octanol–water partition coefficient (Wildman–Crippen LogP) is -0.567. The number of carbonyl (C=O) groups is 2. The maximum absolute atomic E-state index is 11.3. The van der Waals surface area contributed by atoms with Gasteiger partial charge in [0.25, 0.3) is 0 Å². The van der Waals surface area contributed by atoms with E-state index in [9.17, 15) is 14.7 Å². The summed E-state index contributed by atoms with van der Waals surface area (Å²) in [6.45, 7) is 1.67. The second-order valence-electron chi connectivity index (χ2n) is 3.96. The van der Waals surface area contributed by atoms with Gasteiger partial charge in [0.2, 0.25) is 5.91 Å². The van der Waals surface area contributed by atoms with Crippen LogP contribution in [0.25, 0.3) is 0 Å². The van der Waals surface area contributed by atoms with Crippen molar-refractivity contribution in [3.05, 3.63) is 0 Å². The normalized spacial score (nSPS) is 38.8. The number of aliphatic carboxylic acids is 1. The molecular weight excluding hydrogens is 202 g/mol. The Morgan fingerprint density at radius 3 is 2.93 bits per heavy atom. The van der Waals surface area contributed by atoms with E-state index in [1.54, 1.807) is 0 Å². The topological polar surface area (TPSA) is 76.1 Å². The van der Waals surface area contributed by atoms with E-state index in [2.05, 4.69) is 0 Å². The van der Waals surface area contributed by atoms with Crippen molar-refractivity contribution in [3.63, 3.8) is 0 Å². The van der Waals surface area contributed by atoms with E-state index in [4.69, 9.17) is 9.47 Å². The van der Waals surface area contributed by atoms with Gasteiger partial charge in [0.15, 0.2) is 5.54 Å². The molecule has 0 radical (unpaired) electrons. The molecule has 1 N–H and O–H groups in total. The quantitative estimate of drug-likeness (QED) is 0.638. The van der Waals surface area contributed by atoms with Gasteiger partial charge in [-0.2, -0.15) is 0 Å². The molecule has 0 aliphatic carbocycles. The first-order valence-corrected chi connectivity index (χ1v) is 4.71. The van der Waals surface area contributed by atoms with E-state index in [0.717, 1.165) is 0 Å². The summed E-state index contributed by atoms with van der Waals surface area (Å²) in [6, 6.07) is 0. The highest BCUT2D eigenvalue weighted by atomic mass is 16.6. The Hall–Kier alpha value is -1.14. The lowest BCUT2D eigenvalue weighted by Gasteiger charge is -2.40. The van der Waals surface area contributed by atoms with Crippen LogP contribution in [0.1, 0.15) is 13.3 Å². The number of amides is 1. The molecule has 2 rings (SSSR count). The lowest BCUT2D eigenvalue weighted by Crippen LogP contribution is -2.63. The zero-order chi connectivity index (χ0) is 11.2. The third-order valence-corrected chi connectivity index (χ3v) is 3.11. The number of ether oxygens (including phenoxy) is 2. The minimum absolute atomic E-state index is 0.170. The minimum atomic E-state index is -1.30. The van der Waals surface area contributed by atoms with E-state index < -0.39 is 23.8 Å². The van der Waals surface area contributed by atoms with Gasteiger partial charge in [-0.3, -0.25) is 9.69 Å². The zero-order valence-electron chi connectivity index (χ0n) is 8.60. The van der Waals surface area contributed by atoms with Gasteiger partial charge in [-0.25, -0.2) is 4.79 Å². The van der Waals surface area contributed by atoms with Crippen molar-refractivity contribution in [2.24, 2.45) is 0 Å². The van der Waals surface area contributed by atoms with Crippen molar-refractivity contribution in [3.8, 4) is 0 Å². The number of hydrogen-bond acceptors (Lipinski definition) is 4. The summed E-state index contributed by atoms with van der Waals surface area (Å²) in [7, 11) is 1.48. The minimum Gasteiger partial charge on any atom is -0.479 e. The third kappa shape index (κ3) is 1.18. The van der Waals surface area contributed by atoms with Crippen LogP contribution >= 0.6 is 0 Å². The van der Waals surface area contributed by atoms with Gasteiger partial charge in [0, 0.05) is 7.11 Å². The van der Waals surface area contributed by atoms with Gasteiger partial charge in [-0.15, -0.1) is 0 Å². The van der Waals surface area contributed by atoms with Crippen LogP contribution in [0.3, 0.4) is 0 Å². The lowest BCUT2D eigenvalue weighted by molar-refractivity contribution is -0.169. The second-order valence-corrected chi connectivity index (χ2v) is 3.96. The molecule has 84 valence electrons. The average Bonchev–Trinajstić information content (AvgIpc) is 2.36. The first-order valence-electron chi connectivity index (χ1n) is 4.71. The number of carbonyl (C=O) groups excluding carboxylic acids is 1. The molecular formula is C9H13NO5. The highest BCUT2D eigenvalue weighted by Gasteiger charge is 2.63. The molecule has 2 fully saturated rings. The molecule has 6 nitrogen and oxygen atoms in total. The fourth-order valence-electron chi connectivity index (χ4n) is 2.13. The predicted molar refractivity (Wildman–Crippen MR) is 48.0 cm³/mol. The van der Waals surface area contributed by atoms with Crippen LogP contribution in [0, 0.1) is 0 Å². The molecule has 15 heavy (non-hydrogen) atoms. The summed E-state index contributed by atoms with van der Waals surface area (Å²) in [5.74, 6) is -1.23. The van der Waals surface area contributed by atoms with Gasteiger partial charge in [0.05, 0.1) is 13.0 Å². The smallest absolute Gasteiger partial charge is 0.332 e. The van der Waals surface area contributed by atoms with Gasteiger partial charge >= 0.3 is 5.97 Å². The maximum Gasteiger partial charge on any atom is 0.332 e. The van der Waals surface area contributed by atoms with Gasteiger partial charge in [-0.05, 0) is 6.92 Å². The molecule has 1 amide bonds. The fraction of sp³-hybridized carbons (Fsp3) is 0.778. The van der Waals surface area contributed by atoms with Gasteiger partial charge in [0.1, 0.15) is 12.3 Å². The molecule has 0 bridgehead atoms. The number of rotatable bonds is 3. The standard InChI is InChI=1S/C9H13NO5/c1-9(8(12)13)5(4-14-2)15-7-3-6(11)10(7)9/h5,7H,3-4H2,1-2H3,(H,12,13). The summed E-state index contributed by atoms with van der Waals surface area (Å²) in [5.41, 5.74) is -1.30. The molecule has 2 aliphatic rings. The highest BCUT2D eigenvalue weighted by molar-refractivity contribution is 5.92. The van der Waals surface area contributed by atoms with Gasteiger partial charge < -0.3 is 14.6 Å². The number of carboxylic acids is 1. The number of fused-ring (bicyclic) bond motifs is 1. The van der Waals surface area contributed by atoms with Crippen molar-refractivity contribution in [2.45, 2.75) is 31.2 Å². The number of methoxy groups -OCH3 is 1. The molecule has 6 heteroatoms. The van der Waals surface area contributed by atoms with Crippen LogP contribution in [0.2, 0.25) is 0 Å². The van der Waals surface area contributed by atoms with Crippen molar-refractivity contribution < 1.29 is 24.2 Å². The van der Waals surface area contributed by atoms with Crippen LogP contribution in [-0.4, -0.2) is 53.5 Å². The van der Waals surface area contributed by atoms with Crippen molar-refractivity contribution in [1.29, 1.82) is 0 Å². The maximum atomic E-state index is 11.3. The molecule has 3 unspecified atom stereocenters. The summed E-state index contributed by atoms with van der Waals surface area (Å²) >= 11 is 0. The third-order valence-electron chi connectivity index (χ3n) is 3.11. The van der Waals surface area contributed by atoms with Gasteiger partial charge in [-0.1, -0.05) is 0 Å².